The number of hydrogen-bond acceptors (Lipinski definition) is 11. The number of nitrogens with one attached hydrogen (secondary N) is 5. The molecule has 0 aliphatic rings. The highest BCUT2D eigenvalue weighted by Crippen LogP contribution is 2.17. The van der Waals surface area contributed by atoms with Gasteiger partial charge in [0, 0.05) is 43.3 Å². The number of benzene rings is 2. The highest BCUT2D eigenvalue weighted by Gasteiger charge is 2.23. The van der Waals surface area contributed by atoms with E-state index in [2.05, 4.69) is 31.2 Å². The van der Waals surface area contributed by atoms with Gasteiger partial charge in [0.2, 0.25) is 11.8 Å². The second-order valence-electron chi connectivity index (χ2n) is 9.10. The Labute approximate surface area is 238 Å². The van der Waals surface area contributed by atoms with Crippen molar-refractivity contribution in [2.45, 2.75) is 31.5 Å². The monoisotopic (exact) mass is 582 g/mol. The molecule has 0 bridgehead atoms. The highest BCUT2D eigenvalue weighted by molar-refractivity contribution is 5.96. The van der Waals surface area contributed by atoms with Crippen LogP contribution in [0.4, 0.5) is 23.1 Å². The molecule has 1 amide bonds. The van der Waals surface area contributed by atoms with Gasteiger partial charge in [-0.2, -0.15) is 4.98 Å². The van der Waals surface area contributed by atoms with Crippen LogP contribution in [-0.2, 0) is 16.1 Å². The Kier molecular flexibility index (Phi) is 10.9. The summed E-state index contributed by atoms with van der Waals surface area (Å²) in [6.07, 6.45) is -0.671. The van der Waals surface area contributed by atoms with E-state index in [-0.39, 0.29) is 36.3 Å². The lowest BCUT2D eigenvalue weighted by molar-refractivity contribution is -0.385. The Morgan fingerprint density at radius 1 is 1.02 bits per heavy atom. The van der Waals surface area contributed by atoms with Crippen LogP contribution >= 0.6 is 0 Å². The number of nitrogen functional groups attached to an aromatic ring is 1. The van der Waals surface area contributed by atoms with Crippen LogP contribution in [0.5, 0.6) is 0 Å². The van der Waals surface area contributed by atoms with Crippen molar-refractivity contribution in [1.82, 2.24) is 20.6 Å². The molecule has 0 unspecified atom stereocenters. The second-order valence-corrected chi connectivity index (χ2v) is 9.10. The zero-order chi connectivity index (χ0) is 30.6. The van der Waals surface area contributed by atoms with E-state index in [9.17, 15) is 34.4 Å². The minimum absolute atomic E-state index is 0.115. The summed E-state index contributed by atoms with van der Waals surface area (Å²) < 4.78 is 0. The summed E-state index contributed by atoms with van der Waals surface area (Å²) >= 11 is 0. The molecule has 3 aromatic rings. The van der Waals surface area contributed by atoms with Gasteiger partial charge >= 0.3 is 23.2 Å². The molecule has 0 saturated heterocycles. The number of anilines is 3. The van der Waals surface area contributed by atoms with Gasteiger partial charge in [0.1, 0.15) is 6.04 Å². The third-order valence-corrected chi connectivity index (χ3v) is 6.00. The molecule has 16 heteroatoms. The van der Waals surface area contributed by atoms with Gasteiger partial charge in [-0.1, -0.05) is 30.3 Å². The minimum atomic E-state index is -1.35. The quantitative estimate of drug-likeness (QED) is 0.0867. The van der Waals surface area contributed by atoms with Crippen molar-refractivity contribution in [1.29, 1.82) is 0 Å². The third-order valence-electron chi connectivity index (χ3n) is 6.00. The maximum Gasteiger partial charge on any atom is 0.375 e. The summed E-state index contributed by atoms with van der Waals surface area (Å²) in [5, 5.41) is 41.1. The fourth-order valence-corrected chi connectivity index (χ4v) is 3.82. The number of carbonyl (C=O) groups is 3. The highest BCUT2D eigenvalue weighted by atomic mass is 16.6. The van der Waals surface area contributed by atoms with Crippen molar-refractivity contribution >= 4 is 41.0 Å². The molecular weight excluding hydrogens is 552 g/mol. The largest absolute Gasteiger partial charge is 0.481 e. The van der Waals surface area contributed by atoms with Gasteiger partial charge in [0.25, 0.3) is 5.91 Å². The average molecular weight is 583 g/mol. The zero-order valence-corrected chi connectivity index (χ0v) is 22.2. The van der Waals surface area contributed by atoms with E-state index in [1.165, 1.54) is 12.1 Å². The fraction of sp³-hybridized carbons (Fsp3) is 0.269. The summed E-state index contributed by atoms with van der Waals surface area (Å²) in [4.78, 5) is 63.2. The van der Waals surface area contributed by atoms with Crippen LogP contribution in [-0.4, -0.2) is 68.1 Å². The Hall–Kier alpha value is -5.51. The molecule has 0 aliphatic heterocycles. The molecule has 2 atom stereocenters. The van der Waals surface area contributed by atoms with Crippen LogP contribution < -0.4 is 32.6 Å². The predicted octanol–water partition coefficient (Wildman–Crippen LogP) is 0.991. The number of carbonyl (C=O) groups excluding carboxylic acids is 1. The Balaban J connectivity index is 1.67. The van der Waals surface area contributed by atoms with Crippen molar-refractivity contribution in [3.63, 3.8) is 0 Å². The van der Waals surface area contributed by atoms with Crippen LogP contribution in [0.3, 0.4) is 0 Å². The maximum atomic E-state index is 12.5. The van der Waals surface area contributed by atoms with Gasteiger partial charge in [-0.25, -0.2) is 4.79 Å². The Bertz CT molecular complexity index is 1460. The van der Waals surface area contributed by atoms with Gasteiger partial charge < -0.3 is 37.2 Å². The SMILES string of the molecule is Nc1nc(NC[C@H](CNc2ccc(C(=O)N[C@@H](CCC(=O)O)C(=O)O)cc2)NCc2ccccc2)c([N+](=O)[O-])c(=O)[nH]1. The van der Waals surface area contributed by atoms with Crippen molar-refractivity contribution in [3.05, 3.63) is 86.2 Å². The lowest BCUT2D eigenvalue weighted by atomic mass is 10.1. The third kappa shape index (κ3) is 9.30. The molecule has 0 spiro atoms. The van der Waals surface area contributed by atoms with E-state index in [1.54, 1.807) is 12.1 Å². The van der Waals surface area contributed by atoms with Crippen molar-refractivity contribution in [3.8, 4) is 0 Å². The predicted molar refractivity (Wildman–Crippen MR) is 152 cm³/mol. The van der Waals surface area contributed by atoms with Crippen molar-refractivity contribution in [2.24, 2.45) is 0 Å². The number of amides is 1. The summed E-state index contributed by atoms with van der Waals surface area (Å²) in [5.74, 6) is -3.73. The van der Waals surface area contributed by atoms with E-state index in [1.807, 2.05) is 30.3 Å². The zero-order valence-electron chi connectivity index (χ0n) is 22.2. The van der Waals surface area contributed by atoms with Crippen LogP contribution in [0, 0.1) is 10.1 Å². The van der Waals surface area contributed by atoms with Crippen molar-refractivity contribution < 1.29 is 29.5 Å². The first-order valence-corrected chi connectivity index (χ1v) is 12.7. The van der Waals surface area contributed by atoms with Gasteiger partial charge in [-0.15, -0.1) is 0 Å². The number of aliphatic carboxylic acids is 2. The van der Waals surface area contributed by atoms with Gasteiger partial charge in [0.15, 0.2) is 0 Å². The molecule has 3 rings (SSSR count). The van der Waals surface area contributed by atoms with Gasteiger partial charge in [0.05, 0.1) is 4.92 Å². The van der Waals surface area contributed by atoms with E-state index in [4.69, 9.17) is 10.8 Å². The number of carboxylic acid groups (broad SMARTS) is 2. The molecule has 1 aromatic heterocycles. The van der Waals surface area contributed by atoms with E-state index >= 15 is 0 Å². The molecule has 0 radical (unpaired) electrons. The number of H-pyrrole nitrogens is 1. The maximum absolute atomic E-state index is 12.5. The van der Waals surface area contributed by atoms with E-state index in [0.717, 1.165) is 5.56 Å². The number of aromatic nitrogens is 2. The molecule has 16 nitrogen and oxygen atoms in total. The average Bonchev–Trinajstić information content (AvgIpc) is 2.94. The van der Waals surface area contributed by atoms with E-state index in [0.29, 0.717) is 18.8 Å². The molecule has 42 heavy (non-hydrogen) atoms. The summed E-state index contributed by atoms with van der Waals surface area (Å²) in [5.41, 5.74) is 5.60. The molecule has 222 valence electrons. The summed E-state index contributed by atoms with van der Waals surface area (Å²) in [7, 11) is 0. The second kappa shape index (κ2) is 14.8. The number of hydrogen-bond donors (Lipinski definition) is 8. The number of nitrogens with zero attached hydrogens (tertiary/aromatic N) is 2. The van der Waals surface area contributed by atoms with E-state index < -0.39 is 46.5 Å². The molecule has 0 aliphatic carbocycles. The normalized spacial score (nSPS) is 12.1. The molecule has 2 aromatic carbocycles. The Morgan fingerprint density at radius 2 is 1.69 bits per heavy atom. The lowest BCUT2D eigenvalue weighted by Crippen LogP contribution is -2.41. The first kappa shape index (κ1) is 31.0. The lowest BCUT2D eigenvalue weighted by Gasteiger charge is -2.21. The topological polar surface area (TPSA) is 255 Å². The smallest absolute Gasteiger partial charge is 0.375 e. The summed E-state index contributed by atoms with van der Waals surface area (Å²) in [6, 6.07) is 14.0. The number of nitro groups is 1. The molecule has 1 heterocycles. The molecule has 0 saturated carbocycles. The van der Waals surface area contributed by atoms with Crippen LogP contribution in [0.2, 0.25) is 0 Å². The Morgan fingerprint density at radius 3 is 2.31 bits per heavy atom. The van der Waals surface area contributed by atoms with Crippen molar-refractivity contribution in [2.75, 3.05) is 29.5 Å². The summed E-state index contributed by atoms with van der Waals surface area (Å²) in [6.45, 7) is 0.881. The van der Waals surface area contributed by atoms with Crippen LogP contribution in [0.1, 0.15) is 28.8 Å². The van der Waals surface area contributed by atoms with Gasteiger partial charge in [-0.3, -0.25) is 29.5 Å². The number of rotatable bonds is 16. The van der Waals surface area contributed by atoms with Crippen LogP contribution in [0.15, 0.2) is 59.4 Å². The first-order chi connectivity index (χ1) is 20.0. The molecule has 9 N–H and O–H groups in total. The number of carboxylic acids is 2. The number of nitrogens with two attached hydrogens (primary N) is 1. The number of aromatic amines is 1. The molecular formula is C26H30N8O8. The fourth-order valence-electron chi connectivity index (χ4n) is 3.82. The standard InChI is InChI=1S/C26H30N8O8/c27-26-32-22(21(34(41)42)24(38)33-26)30-14-18(28-12-15-4-2-1-3-5-15)13-29-17-8-6-16(7-9-17)23(37)31-19(25(39)40)10-11-20(35)36/h1-9,18-19,28-29H,10-14H2,(H,31,37)(H,35,36)(H,39,40)(H4,27,30,32,33,38)/t18-,19-/m0/s1. The minimum Gasteiger partial charge on any atom is -0.481 e. The van der Waals surface area contributed by atoms with Crippen LogP contribution in [0.25, 0.3) is 0 Å². The van der Waals surface area contributed by atoms with Gasteiger partial charge in [-0.05, 0) is 36.2 Å². The molecule has 0 fully saturated rings. The first-order valence-electron chi connectivity index (χ1n) is 12.7.